The van der Waals surface area contributed by atoms with Gasteiger partial charge in [-0.25, -0.2) is 13.2 Å². The molecule has 1 aliphatic heterocycles. The van der Waals surface area contributed by atoms with Crippen molar-refractivity contribution in [1.82, 2.24) is 0 Å². The maximum atomic E-state index is 12.8. The number of anilines is 1. The molecule has 1 heterocycles. The number of benzene rings is 2. The molecule has 0 radical (unpaired) electrons. The largest absolute Gasteiger partial charge is 0.462 e. The van der Waals surface area contributed by atoms with Gasteiger partial charge >= 0.3 is 5.97 Å². The highest BCUT2D eigenvalue weighted by Crippen LogP contribution is 2.40. The smallest absolute Gasteiger partial charge is 0.338 e. The van der Waals surface area contributed by atoms with Crippen LogP contribution in [-0.4, -0.2) is 32.2 Å². The summed E-state index contributed by atoms with van der Waals surface area (Å²) in [6.07, 6.45) is 0. The number of carbonyl (C=O) groups is 2. The molecule has 6 nitrogen and oxygen atoms in total. The maximum absolute atomic E-state index is 12.8. The summed E-state index contributed by atoms with van der Waals surface area (Å²) >= 11 is 0. The van der Waals surface area contributed by atoms with Crippen molar-refractivity contribution in [2.45, 2.75) is 24.5 Å². The van der Waals surface area contributed by atoms with Crippen LogP contribution in [0.15, 0.2) is 54.6 Å². The molecule has 26 heavy (non-hydrogen) atoms. The Kier molecular flexibility index (Phi) is 4.82. The highest BCUT2D eigenvalue weighted by molar-refractivity contribution is 7.93. The molecule has 0 aliphatic carbocycles. The number of sulfone groups is 1. The summed E-state index contributed by atoms with van der Waals surface area (Å²) in [4.78, 5) is 25.7. The topological polar surface area (TPSA) is 80.8 Å². The molecule has 3 rings (SSSR count). The van der Waals surface area contributed by atoms with Gasteiger partial charge in [-0.3, -0.25) is 9.69 Å². The monoisotopic (exact) mass is 373 g/mol. The third kappa shape index (κ3) is 2.99. The number of carbonyl (C=O) groups excluding carboxylic acids is 2. The van der Waals surface area contributed by atoms with Crippen LogP contribution in [0.25, 0.3) is 0 Å². The van der Waals surface area contributed by atoms with Crippen molar-refractivity contribution in [1.29, 1.82) is 0 Å². The standard InChI is InChI=1S/C19H19NO5S/c1-3-25-19(22)15-9-11-16(12-10-15)20-17(21)13(2)26(23,24)18(20)14-7-5-4-6-8-14/h4-13,18H,3H2,1-2H3/t13-,18+/m1/s1. The van der Waals surface area contributed by atoms with E-state index in [0.717, 1.165) is 0 Å². The van der Waals surface area contributed by atoms with Crippen LogP contribution in [0.2, 0.25) is 0 Å². The molecule has 0 aromatic heterocycles. The molecule has 136 valence electrons. The number of hydrogen-bond donors (Lipinski definition) is 0. The summed E-state index contributed by atoms with van der Waals surface area (Å²) in [5, 5.41) is -2.21. The molecule has 0 N–H and O–H groups in total. The molecule has 1 aliphatic rings. The van der Waals surface area contributed by atoms with Crippen LogP contribution in [0.5, 0.6) is 0 Å². The Hall–Kier alpha value is -2.67. The fourth-order valence-corrected chi connectivity index (χ4v) is 4.82. The van der Waals surface area contributed by atoms with Gasteiger partial charge in [-0.05, 0) is 43.7 Å². The van der Waals surface area contributed by atoms with E-state index in [1.54, 1.807) is 49.4 Å². The van der Waals surface area contributed by atoms with Gasteiger partial charge in [-0.2, -0.15) is 0 Å². The van der Waals surface area contributed by atoms with Crippen molar-refractivity contribution in [3.05, 3.63) is 65.7 Å². The third-order valence-electron chi connectivity index (χ3n) is 4.37. The minimum absolute atomic E-state index is 0.261. The Bertz CT molecular complexity index is 922. The second kappa shape index (κ2) is 6.92. The first-order valence-electron chi connectivity index (χ1n) is 8.26. The van der Waals surface area contributed by atoms with Gasteiger partial charge in [0.1, 0.15) is 5.25 Å². The minimum Gasteiger partial charge on any atom is -0.462 e. The molecule has 7 heteroatoms. The number of ether oxygens (including phenoxy) is 1. The van der Waals surface area contributed by atoms with E-state index < -0.39 is 32.3 Å². The Morgan fingerprint density at radius 1 is 1.08 bits per heavy atom. The highest BCUT2D eigenvalue weighted by atomic mass is 32.2. The van der Waals surface area contributed by atoms with Crippen molar-refractivity contribution in [2.24, 2.45) is 0 Å². The van der Waals surface area contributed by atoms with E-state index >= 15 is 0 Å². The van der Waals surface area contributed by atoms with Crippen molar-refractivity contribution >= 4 is 27.4 Å². The summed E-state index contributed by atoms with van der Waals surface area (Å²) in [6.45, 7) is 3.38. The van der Waals surface area contributed by atoms with Crippen LogP contribution < -0.4 is 4.90 Å². The molecule has 0 bridgehead atoms. The van der Waals surface area contributed by atoms with E-state index in [2.05, 4.69) is 0 Å². The fraction of sp³-hybridized carbons (Fsp3) is 0.263. The van der Waals surface area contributed by atoms with E-state index in [9.17, 15) is 18.0 Å². The van der Waals surface area contributed by atoms with Crippen molar-refractivity contribution in [3.63, 3.8) is 0 Å². The molecule has 1 saturated heterocycles. The van der Waals surface area contributed by atoms with E-state index in [0.29, 0.717) is 16.8 Å². The normalized spacial score (nSPS) is 21.6. The van der Waals surface area contributed by atoms with Gasteiger partial charge in [0.15, 0.2) is 15.2 Å². The van der Waals surface area contributed by atoms with Crippen molar-refractivity contribution in [2.75, 3.05) is 11.5 Å². The van der Waals surface area contributed by atoms with Crippen LogP contribution >= 0.6 is 0 Å². The lowest BCUT2D eigenvalue weighted by atomic mass is 10.1. The van der Waals surface area contributed by atoms with Crippen LogP contribution in [-0.2, 0) is 19.4 Å². The summed E-state index contributed by atoms with van der Waals surface area (Å²) in [5.74, 6) is -0.949. The lowest BCUT2D eigenvalue weighted by Gasteiger charge is -2.24. The maximum Gasteiger partial charge on any atom is 0.338 e. The summed E-state index contributed by atoms with van der Waals surface area (Å²) in [5.41, 5.74) is 1.29. The first-order valence-corrected chi connectivity index (χ1v) is 9.86. The van der Waals surface area contributed by atoms with Gasteiger partial charge in [0, 0.05) is 5.69 Å². The van der Waals surface area contributed by atoms with Crippen LogP contribution in [0, 0.1) is 0 Å². The lowest BCUT2D eigenvalue weighted by Crippen LogP contribution is -2.30. The second-order valence-electron chi connectivity index (χ2n) is 5.97. The van der Waals surface area contributed by atoms with Gasteiger partial charge in [0.05, 0.1) is 12.2 Å². The van der Waals surface area contributed by atoms with Gasteiger partial charge in [0.25, 0.3) is 0 Å². The second-order valence-corrected chi connectivity index (χ2v) is 8.30. The van der Waals surface area contributed by atoms with E-state index in [1.165, 1.54) is 24.0 Å². The third-order valence-corrected chi connectivity index (χ3v) is 6.66. The summed E-state index contributed by atoms with van der Waals surface area (Å²) in [7, 11) is -3.72. The zero-order valence-corrected chi connectivity index (χ0v) is 15.3. The average molecular weight is 373 g/mol. The number of amides is 1. The molecule has 2 atom stereocenters. The van der Waals surface area contributed by atoms with Crippen LogP contribution in [0.3, 0.4) is 0 Å². The number of rotatable bonds is 4. The Morgan fingerprint density at radius 3 is 2.27 bits per heavy atom. The Balaban J connectivity index is 2.04. The Morgan fingerprint density at radius 2 is 1.69 bits per heavy atom. The molecule has 0 saturated carbocycles. The van der Waals surface area contributed by atoms with Crippen LogP contribution in [0.4, 0.5) is 5.69 Å². The quantitative estimate of drug-likeness (QED) is 0.770. The van der Waals surface area contributed by atoms with Gasteiger partial charge < -0.3 is 4.74 Å². The predicted octanol–water partition coefficient (Wildman–Crippen LogP) is 2.71. The first kappa shape index (κ1) is 18.1. The van der Waals surface area contributed by atoms with Crippen molar-refractivity contribution in [3.8, 4) is 0 Å². The molecular weight excluding hydrogens is 354 g/mol. The molecular formula is C19H19NO5S. The lowest BCUT2D eigenvalue weighted by molar-refractivity contribution is -0.117. The molecule has 2 aromatic carbocycles. The van der Waals surface area contributed by atoms with E-state index in [1.807, 2.05) is 0 Å². The SMILES string of the molecule is CCOC(=O)c1ccc(N2C(=O)[C@@H](C)S(=O)(=O)[C@H]2c2ccccc2)cc1. The van der Waals surface area contributed by atoms with Gasteiger partial charge in [-0.1, -0.05) is 30.3 Å². The van der Waals surface area contributed by atoms with Crippen LogP contribution in [0.1, 0.15) is 35.1 Å². The summed E-state index contributed by atoms with van der Waals surface area (Å²) < 4.78 is 30.6. The van der Waals surface area contributed by atoms with Gasteiger partial charge in [-0.15, -0.1) is 0 Å². The minimum atomic E-state index is -3.72. The molecule has 2 aromatic rings. The first-order chi connectivity index (χ1) is 12.4. The fourth-order valence-electron chi connectivity index (χ4n) is 2.98. The zero-order valence-electron chi connectivity index (χ0n) is 14.5. The van der Waals surface area contributed by atoms with Gasteiger partial charge in [0.2, 0.25) is 5.91 Å². The van der Waals surface area contributed by atoms with E-state index in [-0.39, 0.29) is 6.61 Å². The highest BCUT2D eigenvalue weighted by Gasteiger charge is 2.51. The predicted molar refractivity (Wildman–Crippen MR) is 97.4 cm³/mol. The molecule has 0 spiro atoms. The number of nitrogens with zero attached hydrogens (tertiary/aromatic N) is 1. The number of hydrogen-bond acceptors (Lipinski definition) is 5. The van der Waals surface area contributed by atoms with Crippen molar-refractivity contribution < 1.29 is 22.7 Å². The zero-order chi connectivity index (χ0) is 18.9. The Labute approximate surface area is 152 Å². The summed E-state index contributed by atoms with van der Waals surface area (Å²) in [6, 6.07) is 14.8. The average Bonchev–Trinajstić information content (AvgIpc) is 2.83. The molecule has 0 unspecified atom stereocenters. The molecule has 1 fully saturated rings. The van der Waals surface area contributed by atoms with E-state index in [4.69, 9.17) is 4.74 Å². The molecule has 1 amide bonds. The number of esters is 1.